The summed E-state index contributed by atoms with van der Waals surface area (Å²) in [5, 5.41) is 16.4. The van der Waals surface area contributed by atoms with E-state index in [9.17, 15) is 54.7 Å². The number of unbranched alkanes of at least 4 members (excludes halogenated alkanes) is 10. The maximum absolute atomic E-state index is 12.6. The van der Waals surface area contributed by atoms with Crippen molar-refractivity contribution in [3.8, 4) is 68.2 Å². The maximum atomic E-state index is 12.6. The number of ether oxygens (including phenoxy) is 8. The van der Waals surface area contributed by atoms with Crippen LogP contribution in [0.2, 0.25) is 0 Å². The quantitative estimate of drug-likeness (QED) is 0.00501. The van der Waals surface area contributed by atoms with Crippen molar-refractivity contribution in [1.29, 1.82) is 0 Å². The summed E-state index contributed by atoms with van der Waals surface area (Å²) in [4.78, 5) is 74.3. The average molecular weight is 1650 g/mol. The summed E-state index contributed by atoms with van der Waals surface area (Å²) in [6.07, 6.45) is 15.6. The van der Waals surface area contributed by atoms with Crippen LogP contribution in [0.1, 0.15) is 135 Å². The summed E-state index contributed by atoms with van der Waals surface area (Å²) in [6.45, 7) is 7.96. The van der Waals surface area contributed by atoms with Crippen LogP contribution in [0.4, 0.5) is 22.7 Å². The molecule has 596 valence electrons. The Morgan fingerprint density at radius 2 is 0.525 bits per heavy atom. The molecule has 0 atom stereocenters. The Morgan fingerprint density at radius 3 is 0.788 bits per heavy atom. The first kappa shape index (κ1) is 92.4. The minimum atomic E-state index is -5.14. The fourth-order valence-corrected chi connectivity index (χ4v) is 12.9. The maximum Gasteiger partial charge on any atom is 1.00 e. The van der Waals surface area contributed by atoms with Crippen LogP contribution in [0.15, 0.2) is 286 Å². The Labute approximate surface area is 729 Å². The number of hydrogen-bond acceptors (Lipinski definition) is 24. The molecular weight excluding hydrogens is 1570 g/mol. The average Bonchev–Trinajstić information content (AvgIpc) is 0.805. The molecule has 10 rings (SSSR count). The summed E-state index contributed by atoms with van der Waals surface area (Å²) < 4.78 is 119. The van der Waals surface area contributed by atoms with Crippen LogP contribution in [-0.4, -0.2) is 75.0 Å². The van der Waals surface area contributed by atoms with E-state index in [4.69, 9.17) is 37.9 Å². The summed E-state index contributed by atoms with van der Waals surface area (Å²) >= 11 is 0. The standard InChI is InChI=1S/C90H84N4O20S2.2Na/c1-3-59-107-75-43-33-69(34-44-75)89(99)113-81-51-29-65(30-52-81)63-25-47-77(48-26-63)109-85(95)17-13-9-5-7-11-15-19-87(97)111-79-55-39-71(40-56-79)91-93-73-37-23-67(83(61-73)115(101,102)103)21-22-68-24-38-74(62-84(68)116(104,105)106)94-92-72-41-57-80(58-42-72)112-88(98)20-16-12-8-6-10-14-18-86(96)110-78-49-27-64(28-50-78)66-31-53-82(54-32-66)114-90(100)70-35-45-76(46-36-70)108-60-4-2;;/h3-4,21-58,61-62H,1-2,5-20,59-60H2,(H,101,102,103)(H,104,105,106);;/q;2*+1/p-2/b22-21+,93-91?,94-92?;;. The van der Waals surface area contributed by atoms with Gasteiger partial charge in [-0.15, -0.1) is 0 Å². The normalized spacial score (nSPS) is 11.2. The van der Waals surface area contributed by atoms with Gasteiger partial charge in [0.2, 0.25) is 0 Å². The van der Waals surface area contributed by atoms with E-state index in [1.54, 1.807) is 109 Å². The van der Waals surface area contributed by atoms with Gasteiger partial charge in [-0.3, -0.25) is 19.2 Å². The molecule has 10 aromatic rings. The molecule has 0 heterocycles. The molecule has 10 aromatic carbocycles. The predicted molar refractivity (Wildman–Crippen MR) is 433 cm³/mol. The monoisotopic (exact) mass is 1650 g/mol. The van der Waals surface area contributed by atoms with Gasteiger partial charge in [-0.2, -0.15) is 20.5 Å². The fourth-order valence-electron chi connectivity index (χ4n) is 11.6. The van der Waals surface area contributed by atoms with Crippen LogP contribution in [-0.2, 0) is 39.4 Å². The summed E-state index contributed by atoms with van der Waals surface area (Å²) in [5.41, 5.74) is 4.58. The van der Waals surface area contributed by atoms with Crippen molar-refractivity contribution in [3.05, 3.63) is 278 Å². The molecule has 0 aliphatic carbocycles. The smallest absolute Gasteiger partial charge is 0.744 e. The Bertz CT molecular complexity index is 5050. The van der Waals surface area contributed by atoms with Gasteiger partial charge >= 0.3 is 94.9 Å². The zero-order valence-electron chi connectivity index (χ0n) is 65.2. The molecule has 0 saturated heterocycles. The van der Waals surface area contributed by atoms with Crippen molar-refractivity contribution in [2.75, 3.05) is 13.2 Å². The van der Waals surface area contributed by atoms with Gasteiger partial charge in [0.25, 0.3) is 0 Å². The van der Waals surface area contributed by atoms with Gasteiger partial charge in [-0.25, -0.2) is 26.4 Å². The summed E-state index contributed by atoms with van der Waals surface area (Å²) in [7, 11) is -10.3. The predicted octanol–water partition coefficient (Wildman–Crippen LogP) is 14.7. The van der Waals surface area contributed by atoms with E-state index >= 15 is 0 Å². The number of carbonyl (C=O) groups is 6. The molecule has 24 nitrogen and oxygen atoms in total. The number of hydrogen-bond donors (Lipinski definition) is 0. The number of azo groups is 2. The van der Waals surface area contributed by atoms with Gasteiger partial charge in [0.15, 0.2) is 0 Å². The van der Waals surface area contributed by atoms with Gasteiger partial charge in [0, 0.05) is 25.7 Å². The van der Waals surface area contributed by atoms with Crippen molar-refractivity contribution < 1.29 is 152 Å². The Balaban J connectivity index is 0.00000868. The third-order valence-electron chi connectivity index (χ3n) is 17.6. The molecule has 0 amide bonds. The van der Waals surface area contributed by atoms with Crippen molar-refractivity contribution >= 4 is 91.0 Å². The first-order chi connectivity index (χ1) is 56.1. The van der Waals surface area contributed by atoms with Gasteiger partial charge < -0.3 is 47.0 Å². The summed E-state index contributed by atoms with van der Waals surface area (Å²) in [6, 6.07) is 61.0. The Kier molecular flexibility index (Phi) is 37.0. The van der Waals surface area contributed by atoms with Crippen LogP contribution < -0.4 is 97.0 Å². The number of nitrogens with zero attached hydrogens (tertiary/aromatic N) is 4. The summed E-state index contributed by atoms with van der Waals surface area (Å²) in [5.74, 6) is 0.864. The SMILES string of the molecule is C=CCOc1ccc(C(=O)Oc2ccc(-c3ccc(OC(=O)CCCCCCCCC(=O)Oc4ccc(N=Nc5ccc(/C=C/c6ccc(N=Nc7ccc(OC(=O)CCCCCCCCC(=O)Oc8ccc(-c9ccc(OC(=O)c%10ccc(OCC=C)cc%10)cc9)cc8)cc7)cc6S(=O)(=O)[O-])c(S(=O)(=O)[O-])c5)cc4)cc3)cc2)cc1.[Na+].[Na+]. The van der Waals surface area contributed by atoms with Crippen LogP contribution in [0, 0.1) is 0 Å². The molecule has 0 bridgehead atoms. The number of benzene rings is 10. The molecule has 0 spiro atoms. The van der Waals surface area contributed by atoms with E-state index in [-0.39, 0.29) is 131 Å². The van der Waals surface area contributed by atoms with Crippen LogP contribution >= 0.6 is 0 Å². The molecule has 0 radical (unpaired) electrons. The number of rotatable bonds is 42. The molecule has 118 heavy (non-hydrogen) atoms. The van der Waals surface area contributed by atoms with Crippen LogP contribution in [0.25, 0.3) is 34.4 Å². The van der Waals surface area contributed by atoms with E-state index in [0.29, 0.717) is 95.9 Å². The van der Waals surface area contributed by atoms with Crippen molar-refractivity contribution in [1.82, 2.24) is 0 Å². The zero-order valence-corrected chi connectivity index (χ0v) is 70.8. The Hall–Kier alpha value is -11.1. The molecule has 0 aliphatic rings. The molecule has 0 aromatic heterocycles. The number of carbonyl (C=O) groups excluding carboxylic acids is 6. The van der Waals surface area contributed by atoms with E-state index < -0.39 is 53.9 Å². The second-order valence-corrected chi connectivity index (χ2v) is 29.0. The van der Waals surface area contributed by atoms with Gasteiger partial charge in [0.1, 0.15) is 79.4 Å². The van der Waals surface area contributed by atoms with Crippen molar-refractivity contribution in [2.45, 2.75) is 113 Å². The number of esters is 6. The van der Waals surface area contributed by atoms with Crippen molar-refractivity contribution in [3.63, 3.8) is 0 Å². The van der Waals surface area contributed by atoms with Gasteiger partial charge in [0.05, 0.1) is 43.7 Å². The second kappa shape index (κ2) is 47.3. The molecule has 0 saturated carbocycles. The third-order valence-corrected chi connectivity index (χ3v) is 19.4. The van der Waals surface area contributed by atoms with Crippen LogP contribution in [0.3, 0.4) is 0 Å². The van der Waals surface area contributed by atoms with E-state index in [0.717, 1.165) is 97.9 Å². The van der Waals surface area contributed by atoms with E-state index in [1.807, 2.05) is 48.5 Å². The topological polar surface area (TPSA) is 340 Å². The third kappa shape index (κ3) is 30.7. The molecule has 0 aliphatic heterocycles. The first-order valence-electron chi connectivity index (χ1n) is 37.4. The van der Waals surface area contributed by atoms with Crippen molar-refractivity contribution in [2.24, 2.45) is 20.5 Å². The molecule has 0 unspecified atom stereocenters. The van der Waals surface area contributed by atoms with Crippen LogP contribution in [0.5, 0.6) is 46.0 Å². The van der Waals surface area contributed by atoms with E-state index in [1.165, 1.54) is 72.8 Å². The molecule has 0 fully saturated rings. The minimum Gasteiger partial charge on any atom is -0.744 e. The fraction of sp³-hybridized carbons (Fsp3) is 0.200. The molecule has 28 heteroatoms. The second-order valence-electron chi connectivity index (χ2n) is 26.3. The zero-order chi connectivity index (χ0) is 82.1. The van der Waals surface area contributed by atoms with E-state index in [2.05, 4.69) is 33.6 Å². The largest absolute Gasteiger partial charge is 1.00 e. The van der Waals surface area contributed by atoms with Gasteiger partial charge in [-0.05, 0) is 229 Å². The van der Waals surface area contributed by atoms with Gasteiger partial charge in [-0.1, -0.05) is 149 Å². The first-order valence-corrected chi connectivity index (χ1v) is 40.2. The molecule has 0 N–H and O–H groups in total. The molecular formula is C90H82N4Na2O20S2. The Morgan fingerprint density at radius 1 is 0.297 bits per heavy atom. The minimum absolute atomic E-state index is 0.